The second-order valence-electron chi connectivity index (χ2n) is 6.51. The molecule has 0 spiro atoms. The van der Waals surface area contributed by atoms with Crippen molar-refractivity contribution in [3.05, 3.63) is 78.1 Å². The fraction of sp³-hybridized carbons (Fsp3) is 0.125. The first-order valence-electron chi connectivity index (χ1n) is 9.69. The zero-order valence-electron chi connectivity index (χ0n) is 17.9. The van der Waals surface area contributed by atoms with Crippen LogP contribution in [0, 0.1) is 0 Å². The van der Waals surface area contributed by atoms with E-state index in [0.29, 0.717) is 28.7 Å². The monoisotopic (exact) mass is 433 g/mol. The minimum atomic E-state index is -0.298. The largest absolute Gasteiger partial charge is 0.497 e. The molecule has 0 saturated heterocycles. The molecule has 0 saturated carbocycles. The summed E-state index contributed by atoms with van der Waals surface area (Å²) in [6.07, 6.45) is 4.57. The van der Waals surface area contributed by atoms with Gasteiger partial charge in [-0.3, -0.25) is 14.6 Å². The summed E-state index contributed by atoms with van der Waals surface area (Å²) in [5.74, 6) is 1.73. The Morgan fingerprint density at radius 2 is 1.66 bits per heavy atom. The van der Waals surface area contributed by atoms with Crippen LogP contribution in [0.25, 0.3) is 6.08 Å². The van der Waals surface area contributed by atoms with Crippen molar-refractivity contribution >= 4 is 23.6 Å². The molecule has 3 rings (SSSR count). The summed E-state index contributed by atoms with van der Waals surface area (Å²) in [6, 6.07) is 15.4. The highest BCUT2D eigenvalue weighted by Crippen LogP contribution is 2.26. The number of hydrogen-bond donors (Lipinski definition) is 2. The molecule has 0 aliphatic heterocycles. The quantitative estimate of drug-likeness (QED) is 0.523. The molecule has 0 bridgehead atoms. The van der Waals surface area contributed by atoms with Gasteiger partial charge in [-0.2, -0.15) is 0 Å². The molecule has 0 aliphatic carbocycles. The number of pyridine rings is 1. The summed E-state index contributed by atoms with van der Waals surface area (Å²) in [5, 5.41) is 5.30. The van der Waals surface area contributed by atoms with Gasteiger partial charge in [0, 0.05) is 36.6 Å². The molecule has 2 aromatic carbocycles. The SMILES string of the molecule is CNC(=O)c1cc(Oc2ccc(NC(=O)C=Cc3cc(OC)ccc3OC)cc2)ccn1. The highest BCUT2D eigenvalue weighted by atomic mass is 16.5. The zero-order chi connectivity index (χ0) is 22.9. The molecule has 32 heavy (non-hydrogen) atoms. The summed E-state index contributed by atoms with van der Waals surface area (Å²) >= 11 is 0. The Morgan fingerprint density at radius 3 is 2.34 bits per heavy atom. The lowest BCUT2D eigenvalue weighted by Gasteiger charge is -2.08. The Kier molecular flexibility index (Phi) is 7.42. The van der Waals surface area contributed by atoms with E-state index in [0.717, 1.165) is 5.56 Å². The molecular formula is C24H23N3O5. The Bertz CT molecular complexity index is 1130. The third-order valence-electron chi connectivity index (χ3n) is 4.40. The number of aromatic nitrogens is 1. The number of carbonyl (C=O) groups excluding carboxylic acids is 2. The Morgan fingerprint density at radius 1 is 0.906 bits per heavy atom. The zero-order valence-corrected chi connectivity index (χ0v) is 17.9. The molecule has 2 amide bonds. The van der Waals surface area contributed by atoms with Crippen LogP contribution in [0.5, 0.6) is 23.0 Å². The maximum Gasteiger partial charge on any atom is 0.269 e. The molecule has 1 heterocycles. The van der Waals surface area contributed by atoms with Gasteiger partial charge in [-0.15, -0.1) is 0 Å². The summed E-state index contributed by atoms with van der Waals surface area (Å²) in [6.45, 7) is 0. The molecule has 0 atom stereocenters. The number of ether oxygens (including phenoxy) is 3. The first kappa shape index (κ1) is 22.4. The fourth-order valence-electron chi connectivity index (χ4n) is 2.79. The van der Waals surface area contributed by atoms with Crippen molar-refractivity contribution in [1.29, 1.82) is 0 Å². The van der Waals surface area contributed by atoms with Gasteiger partial charge in [-0.1, -0.05) is 0 Å². The highest BCUT2D eigenvalue weighted by molar-refractivity contribution is 6.02. The molecule has 3 aromatic rings. The predicted molar refractivity (Wildman–Crippen MR) is 121 cm³/mol. The van der Waals surface area contributed by atoms with Crippen molar-refractivity contribution in [2.45, 2.75) is 0 Å². The van der Waals surface area contributed by atoms with Crippen molar-refractivity contribution in [2.75, 3.05) is 26.6 Å². The number of amides is 2. The van der Waals surface area contributed by atoms with Gasteiger partial charge in [0.05, 0.1) is 14.2 Å². The Hall–Kier alpha value is -4.33. The molecule has 2 N–H and O–H groups in total. The Labute approximate surface area is 185 Å². The number of carbonyl (C=O) groups is 2. The lowest BCUT2D eigenvalue weighted by Crippen LogP contribution is -2.18. The van der Waals surface area contributed by atoms with Gasteiger partial charge < -0.3 is 24.8 Å². The van der Waals surface area contributed by atoms with Gasteiger partial charge in [0.15, 0.2) is 0 Å². The minimum Gasteiger partial charge on any atom is -0.497 e. The van der Waals surface area contributed by atoms with E-state index in [2.05, 4.69) is 15.6 Å². The summed E-state index contributed by atoms with van der Waals surface area (Å²) in [4.78, 5) is 28.0. The van der Waals surface area contributed by atoms with Crippen molar-refractivity contribution < 1.29 is 23.8 Å². The van der Waals surface area contributed by atoms with Crippen LogP contribution in [0.1, 0.15) is 16.1 Å². The number of nitrogens with one attached hydrogen (secondary N) is 2. The van der Waals surface area contributed by atoms with E-state index >= 15 is 0 Å². The number of nitrogens with zero attached hydrogens (tertiary/aromatic N) is 1. The molecular weight excluding hydrogens is 410 g/mol. The van der Waals surface area contributed by atoms with Crippen LogP contribution in [-0.2, 0) is 4.79 Å². The number of methoxy groups -OCH3 is 2. The van der Waals surface area contributed by atoms with E-state index in [-0.39, 0.29) is 17.5 Å². The lowest BCUT2D eigenvalue weighted by molar-refractivity contribution is -0.111. The van der Waals surface area contributed by atoms with E-state index in [1.54, 1.807) is 74.9 Å². The fourth-order valence-corrected chi connectivity index (χ4v) is 2.79. The first-order chi connectivity index (χ1) is 15.5. The van der Waals surface area contributed by atoms with Crippen LogP contribution >= 0.6 is 0 Å². The van der Waals surface area contributed by atoms with Crippen LogP contribution in [0.2, 0.25) is 0 Å². The molecule has 0 aliphatic rings. The Balaban J connectivity index is 1.63. The standard InChI is InChI=1S/C24H23N3O5/c1-25-24(29)21-15-20(12-13-26-21)32-18-7-5-17(6-8-18)27-23(28)11-4-16-14-19(30-2)9-10-22(16)31-3/h4-15H,1-3H3,(H,25,29)(H,27,28). The van der Waals surface area contributed by atoms with E-state index in [9.17, 15) is 9.59 Å². The topological polar surface area (TPSA) is 98.8 Å². The summed E-state index contributed by atoms with van der Waals surface area (Å²) in [7, 11) is 4.67. The smallest absolute Gasteiger partial charge is 0.269 e. The van der Waals surface area contributed by atoms with Crippen LogP contribution in [-0.4, -0.2) is 38.1 Å². The van der Waals surface area contributed by atoms with Gasteiger partial charge >= 0.3 is 0 Å². The molecule has 0 unspecified atom stereocenters. The van der Waals surface area contributed by atoms with Crippen LogP contribution < -0.4 is 24.8 Å². The molecule has 0 radical (unpaired) electrons. The normalized spacial score (nSPS) is 10.5. The second kappa shape index (κ2) is 10.6. The minimum absolute atomic E-state index is 0.258. The number of benzene rings is 2. The maximum atomic E-state index is 12.3. The van der Waals surface area contributed by atoms with Crippen molar-refractivity contribution in [1.82, 2.24) is 10.3 Å². The first-order valence-corrected chi connectivity index (χ1v) is 9.69. The average molecular weight is 433 g/mol. The third-order valence-corrected chi connectivity index (χ3v) is 4.40. The number of rotatable bonds is 8. The molecule has 0 fully saturated rings. The highest BCUT2D eigenvalue weighted by Gasteiger charge is 2.07. The predicted octanol–water partition coefficient (Wildman–Crippen LogP) is 3.90. The van der Waals surface area contributed by atoms with Gasteiger partial charge in [0.2, 0.25) is 5.91 Å². The molecule has 8 nitrogen and oxygen atoms in total. The maximum absolute atomic E-state index is 12.3. The van der Waals surface area contributed by atoms with E-state index in [4.69, 9.17) is 14.2 Å². The van der Waals surface area contributed by atoms with E-state index < -0.39 is 0 Å². The second-order valence-corrected chi connectivity index (χ2v) is 6.51. The van der Waals surface area contributed by atoms with Gasteiger partial charge in [0.1, 0.15) is 28.7 Å². The third kappa shape index (κ3) is 5.85. The van der Waals surface area contributed by atoms with Crippen molar-refractivity contribution in [3.63, 3.8) is 0 Å². The van der Waals surface area contributed by atoms with Crippen molar-refractivity contribution in [2.24, 2.45) is 0 Å². The molecule has 8 heteroatoms. The molecule has 164 valence electrons. The van der Waals surface area contributed by atoms with Crippen LogP contribution in [0.3, 0.4) is 0 Å². The summed E-state index contributed by atoms with van der Waals surface area (Å²) < 4.78 is 16.3. The van der Waals surface area contributed by atoms with E-state index in [1.807, 2.05) is 0 Å². The van der Waals surface area contributed by atoms with Gasteiger partial charge in [0.25, 0.3) is 5.91 Å². The number of hydrogen-bond acceptors (Lipinski definition) is 6. The van der Waals surface area contributed by atoms with E-state index in [1.165, 1.54) is 19.3 Å². The lowest BCUT2D eigenvalue weighted by atomic mass is 10.1. The average Bonchev–Trinajstić information content (AvgIpc) is 2.83. The van der Waals surface area contributed by atoms with Crippen molar-refractivity contribution in [3.8, 4) is 23.0 Å². The van der Waals surface area contributed by atoms with Crippen LogP contribution in [0.15, 0.2) is 66.9 Å². The number of anilines is 1. The van der Waals surface area contributed by atoms with Gasteiger partial charge in [-0.25, -0.2) is 0 Å². The summed E-state index contributed by atoms with van der Waals surface area (Å²) in [5.41, 5.74) is 1.58. The van der Waals surface area contributed by atoms with Crippen LogP contribution in [0.4, 0.5) is 5.69 Å². The molecule has 1 aromatic heterocycles. The van der Waals surface area contributed by atoms with Gasteiger partial charge in [-0.05, 0) is 54.6 Å².